The topological polar surface area (TPSA) is 49.8 Å². The normalized spacial score (nSPS) is 26.6. The second kappa shape index (κ2) is 5.17. The standard InChI is InChI=1S/C14H25NO3/c1-3-13(4-2)9-15(10-13)11-14(12(16)17)5-7-18-8-6-14/h3-11H2,1-2H3,(H,16,17). The Morgan fingerprint density at radius 3 is 2.22 bits per heavy atom. The largest absolute Gasteiger partial charge is 0.481 e. The van der Waals surface area contributed by atoms with Gasteiger partial charge in [0.25, 0.3) is 0 Å². The molecule has 0 radical (unpaired) electrons. The minimum atomic E-state index is -0.642. The highest BCUT2D eigenvalue weighted by Gasteiger charge is 2.47. The van der Waals surface area contributed by atoms with Crippen molar-refractivity contribution in [2.24, 2.45) is 10.8 Å². The summed E-state index contributed by atoms with van der Waals surface area (Å²) in [5, 5.41) is 9.52. The Morgan fingerprint density at radius 1 is 1.22 bits per heavy atom. The number of hydrogen-bond acceptors (Lipinski definition) is 3. The number of nitrogens with zero attached hydrogens (tertiary/aromatic N) is 1. The molecular formula is C14H25NO3. The Morgan fingerprint density at radius 2 is 1.78 bits per heavy atom. The van der Waals surface area contributed by atoms with Gasteiger partial charge in [-0.1, -0.05) is 13.8 Å². The first-order valence-corrected chi connectivity index (χ1v) is 7.09. The van der Waals surface area contributed by atoms with E-state index >= 15 is 0 Å². The van der Waals surface area contributed by atoms with E-state index in [2.05, 4.69) is 18.7 Å². The molecule has 0 atom stereocenters. The summed E-state index contributed by atoms with van der Waals surface area (Å²) in [7, 11) is 0. The molecule has 0 aliphatic carbocycles. The van der Waals surface area contributed by atoms with Crippen molar-refractivity contribution in [3.05, 3.63) is 0 Å². The van der Waals surface area contributed by atoms with Crippen molar-refractivity contribution in [1.82, 2.24) is 4.90 Å². The molecule has 2 fully saturated rings. The number of carboxylic acid groups (broad SMARTS) is 1. The van der Waals surface area contributed by atoms with Crippen LogP contribution in [0.15, 0.2) is 0 Å². The molecule has 0 aromatic carbocycles. The summed E-state index contributed by atoms with van der Waals surface area (Å²) in [6.07, 6.45) is 3.71. The number of carbonyl (C=O) groups is 1. The Hall–Kier alpha value is -0.610. The summed E-state index contributed by atoms with van der Waals surface area (Å²) >= 11 is 0. The van der Waals surface area contributed by atoms with Gasteiger partial charge in [0.1, 0.15) is 0 Å². The average molecular weight is 255 g/mol. The number of rotatable bonds is 5. The summed E-state index contributed by atoms with van der Waals surface area (Å²) in [5.41, 5.74) is -0.114. The molecule has 0 aromatic heterocycles. The van der Waals surface area contributed by atoms with Crippen molar-refractivity contribution < 1.29 is 14.6 Å². The van der Waals surface area contributed by atoms with Crippen LogP contribution in [-0.4, -0.2) is 48.8 Å². The molecule has 4 nitrogen and oxygen atoms in total. The molecule has 4 heteroatoms. The van der Waals surface area contributed by atoms with Crippen LogP contribution in [0.25, 0.3) is 0 Å². The average Bonchev–Trinajstić information content (AvgIpc) is 2.34. The van der Waals surface area contributed by atoms with Crippen LogP contribution in [0.1, 0.15) is 39.5 Å². The summed E-state index contributed by atoms with van der Waals surface area (Å²) in [4.78, 5) is 13.9. The molecule has 0 unspecified atom stereocenters. The highest BCUT2D eigenvalue weighted by atomic mass is 16.5. The number of ether oxygens (including phenoxy) is 1. The molecule has 2 aliphatic heterocycles. The van der Waals surface area contributed by atoms with E-state index in [1.807, 2.05) is 0 Å². The monoisotopic (exact) mass is 255 g/mol. The van der Waals surface area contributed by atoms with Gasteiger partial charge in [0.05, 0.1) is 5.41 Å². The SMILES string of the molecule is CCC1(CC)CN(CC2(C(=O)O)CCOCC2)C1. The van der Waals surface area contributed by atoms with Gasteiger partial charge in [-0.05, 0) is 31.1 Å². The maximum absolute atomic E-state index is 11.6. The van der Waals surface area contributed by atoms with Gasteiger partial charge in [0.15, 0.2) is 0 Å². The molecule has 0 amide bonds. The smallest absolute Gasteiger partial charge is 0.311 e. The molecule has 2 saturated heterocycles. The van der Waals surface area contributed by atoms with E-state index in [-0.39, 0.29) is 0 Å². The third kappa shape index (κ3) is 2.41. The van der Waals surface area contributed by atoms with Crippen molar-refractivity contribution in [2.45, 2.75) is 39.5 Å². The quantitative estimate of drug-likeness (QED) is 0.816. The van der Waals surface area contributed by atoms with Crippen molar-refractivity contribution in [3.8, 4) is 0 Å². The first kappa shape index (κ1) is 13.8. The first-order chi connectivity index (χ1) is 8.56. The third-order valence-electron chi connectivity index (χ3n) is 5.05. The molecule has 2 heterocycles. The molecule has 0 aromatic rings. The summed E-state index contributed by atoms with van der Waals surface area (Å²) in [6, 6.07) is 0. The molecular weight excluding hydrogens is 230 g/mol. The van der Waals surface area contributed by atoms with E-state index in [9.17, 15) is 9.90 Å². The van der Waals surface area contributed by atoms with Crippen molar-refractivity contribution >= 4 is 5.97 Å². The van der Waals surface area contributed by atoms with E-state index in [0.29, 0.717) is 38.0 Å². The Labute approximate surface area is 109 Å². The minimum Gasteiger partial charge on any atom is -0.481 e. The van der Waals surface area contributed by atoms with Crippen LogP contribution in [0, 0.1) is 10.8 Å². The summed E-state index contributed by atoms with van der Waals surface area (Å²) in [6.45, 7) is 8.49. The van der Waals surface area contributed by atoms with Gasteiger partial charge >= 0.3 is 5.97 Å². The number of aliphatic carboxylic acids is 1. The Balaban J connectivity index is 1.94. The zero-order chi connectivity index (χ0) is 13.2. The molecule has 2 aliphatic rings. The highest BCUT2D eigenvalue weighted by molar-refractivity contribution is 5.75. The van der Waals surface area contributed by atoms with Gasteiger partial charge < -0.3 is 14.7 Å². The number of hydrogen-bond donors (Lipinski definition) is 1. The molecule has 104 valence electrons. The first-order valence-electron chi connectivity index (χ1n) is 7.09. The van der Waals surface area contributed by atoms with E-state index < -0.39 is 11.4 Å². The lowest BCUT2D eigenvalue weighted by Crippen LogP contribution is -2.60. The Kier molecular flexibility index (Phi) is 3.97. The number of carboxylic acids is 1. The third-order valence-corrected chi connectivity index (χ3v) is 5.05. The van der Waals surface area contributed by atoms with Crippen LogP contribution in [0.4, 0.5) is 0 Å². The Bertz CT molecular complexity index is 298. The van der Waals surface area contributed by atoms with Crippen molar-refractivity contribution in [1.29, 1.82) is 0 Å². The van der Waals surface area contributed by atoms with E-state index in [4.69, 9.17) is 4.74 Å². The second-order valence-electron chi connectivity index (χ2n) is 6.05. The van der Waals surface area contributed by atoms with Crippen LogP contribution in [0.5, 0.6) is 0 Å². The van der Waals surface area contributed by atoms with Crippen LogP contribution in [-0.2, 0) is 9.53 Å². The van der Waals surface area contributed by atoms with Crippen LogP contribution in [0.3, 0.4) is 0 Å². The predicted octanol–water partition coefficient (Wildman–Crippen LogP) is 1.99. The molecule has 2 rings (SSSR count). The molecule has 1 N–H and O–H groups in total. The molecule has 0 bridgehead atoms. The fraction of sp³-hybridized carbons (Fsp3) is 0.929. The van der Waals surface area contributed by atoms with Crippen LogP contribution < -0.4 is 0 Å². The van der Waals surface area contributed by atoms with E-state index in [1.165, 1.54) is 12.8 Å². The fourth-order valence-corrected chi connectivity index (χ4v) is 3.34. The van der Waals surface area contributed by atoms with Gasteiger partial charge in [-0.3, -0.25) is 4.79 Å². The summed E-state index contributed by atoms with van der Waals surface area (Å²) < 4.78 is 5.31. The van der Waals surface area contributed by atoms with Gasteiger partial charge in [-0.25, -0.2) is 0 Å². The molecule has 0 saturated carbocycles. The lowest BCUT2D eigenvalue weighted by molar-refractivity contribution is -0.160. The lowest BCUT2D eigenvalue weighted by Gasteiger charge is -2.52. The number of likely N-dealkylation sites (tertiary alicyclic amines) is 1. The van der Waals surface area contributed by atoms with Crippen molar-refractivity contribution in [2.75, 3.05) is 32.8 Å². The molecule has 0 spiro atoms. The zero-order valence-electron chi connectivity index (χ0n) is 11.6. The van der Waals surface area contributed by atoms with Crippen molar-refractivity contribution in [3.63, 3.8) is 0 Å². The van der Waals surface area contributed by atoms with Gasteiger partial charge in [0, 0.05) is 32.8 Å². The fourth-order valence-electron chi connectivity index (χ4n) is 3.34. The second-order valence-corrected chi connectivity index (χ2v) is 6.05. The minimum absolute atomic E-state index is 0.449. The zero-order valence-corrected chi connectivity index (χ0v) is 11.6. The lowest BCUT2D eigenvalue weighted by atomic mass is 9.72. The van der Waals surface area contributed by atoms with Crippen LogP contribution in [0.2, 0.25) is 0 Å². The predicted molar refractivity (Wildman–Crippen MR) is 69.6 cm³/mol. The summed E-state index contributed by atoms with van der Waals surface area (Å²) in [5.74, 6) is -0.642. The van der Waals surface area contributed by atoms with E-state index in [1.54, 1.807) is 0 Å². The maximum Gasteiger partial charge on any atom is 0.311 e. The highest BCUT2D eigenvalue weighted by Crippen LogP contribution is 2.41. The van der Waals surface area contributed by atoms with Crippen LogP contribution >= 0.6 is 0 Å². The van der Waals surface area contributed by atoms with E-state index in [0.717, 1.165) is 13.1 Å². The molecule has 18 heavy (non-hydrogen) atoms. The van der Waals surface area contributed by atoms with Gasteiger partial charge in [-0.15, -0.1) is 0 Å². The maximum atomic E-state index is 11.6. The van der Waals surface area contributed by atoms with Gasteiger partial charge in [-0.2, -0.15) is 0 Å². The van der Waals surface area contributed by atoms with Gasteiger partial charge in [0.2, 0.25) is 0 Å².